The average Bonchev–Trinajstić information content (AvgIpc) is 2.67. The van der Waals surface area contributed by atoms with Gasteiger partial charge in [-0.05, 0) is 31.2 Å². The molecule has 0 saturated heterocycles. The highest BCUT2D eigenvalue weighted by Crippen LogP contribution is 2.22. The van der Waals surface area contributed by atoms with Crippen LogP contribution >= 0.6 is 0 Å². The SMILES string of the molecule is CCNC(=O)c1cc2ccc(OC(=O)c3cccc([N+](=O)[O-])c3)cc2oc1=O. The zero-order chi connectivity index (χ0) is 20.3. The third kappa shape index (κ3) is 3.88. The molecule has 3 rings (SSSR count). The van der Waals surface area contributed by atoms with Gasteiger partial charge in [0.15, 0.2) is 0 Å². The van der Waals surface area contributed by atoms with Crippen LogP contribution in [0.25, 0.3) is 11.0 Å². The summed E-state index contributed by atoms with van der Waals surface area (Å²) in [5, 5.41) is 13.8. The summed E-state index contributed by atoms with van der Waals surface area (Å²) in [5.41, 5.74) is -1.06. The van der Waals surface area contributed by atoms with Crippen LogP contribution < -0.4 is 15.7 Å². The van der Waals surface area contributed by atoms with E-state index in [1.807, 2.05) is 0 Å². The number of esters is 1. The zero-order valence-corrected chi connectivity index (χ0v) is 14.6. The maximum Gasteiger partial charge on any atom is 0.349 e. The van der Waals surface area contributed by atoms with Gasteiger partial charge in [-0.3, -0.25) is 14.9 Å². The largest absolute Gasteiger partial charge is 0.423 e. The van der Waals surface area contributed by atoms with E-state index in [-0.39, 0.29) is 28.1 Å². The van der Waals surface area contributed by atoms with E-state index in [0.717, 1.165) is 6.07 Å². The Morgan fingerprint density at radius 2 is 1.96 bits per heavy atom. The van der Waals surface area contributed by atoms with Crippen molar-refractivity contribution < 1.29 is 23.7 Å². The fourth-order valence-electron chi connectivity index (χ4n) is 2.48. The third-order valence-electron chi connectivity index (χ3n) is 3.79. The van der Waals surface area contributed by atoms with Crippen molar-refractivity contribution in [1.82, 2.24) is 5.32 Å². The molecule has 0 aliphatic carbocycles. The Morgan fingerprint density at radius 3 is 2.68 bits per heavy atom. The average molecular weight is 382 g/mol. The number of hydrogen-bond acceptors (Lipinski definition) is 7. The first kappa shape index (κ1) is 18.8. The lowest BCUT2D eigenvalue weighted by Gasteiger charge is -2.06. The summed E-state index contributed by atoms with van der Waals surface area (Å²) in [6.45, 7) is 2.09. The molecule has 1 aromatic heterocycles. The Morgan fingerprint density at radius 1 is 1.18 bits per heavy atom. The summed E-state index contributed by atoms with van der Waals surface area (Å²) < 4.78 is 10.3. The van der Waals surface area contributed by atoms with Crippen molar-refractivity contribution in [2.24, 2.45) is 0 Å². The predicted octanol–water partition coefficient (Wildman–Crippen LogP) is 2.67. The lowest BCUT2D eigenvalue weighted by atomic mass is 10.1. The molecule has 0 atom stereocenters. The Balaban J connectivity index is 1.88. The highest BCUT2D eigenvalue weighted by Gasteiger charge is 2.16. The zero-order valence-electron chi connectivity index (χ0n) is 14.6. The van der Waals surface area contributed by atoms with Gasteiger partial charge in [0.05, 0.1) is 10.5 Å². The number of nitrogens with zero attached hydrogens (tertiary/aromatic N) is 1. The summed E-state index contributed by atoms with van der Waals surface area (Å²) in [6, 6.07) is 10.8. The molecular formula is C19H14N2O7. The quantitative estimate of drug-likeness (QED) is 0.236. The van der Waals surface area contributed by atoms with E-state index in [4.69, 9.17) is 9.15 Å². The molecule has 1 N–H and O–H groups in total. The lowest BCUT2D eigenvalue weighted by molar-refractivity contribution is -0.384. The van der Waals surface area contributed by atoms with Gasteiger partial charge in [0.2, 0.25) is 0 Å². The summed E-state index contributed by atoms with van der Waals surface area (Å²) in [4.78, 5) is 46.3. The number of benzene rings is 2. The maximum absolute atomic E-state index is 12.2. The molecule has 0 saturated carbocycles. The second-order valence-corrected chi connectivity index (χ2v) is 5.70. The molecule has 1 amide bonds. The fraction of sp³-hybridized carbons (Fsp3) is 0.105. The third-order valence-corrected chi connectivity index (χ3v) is 3.79. The molecule has 0 bridgehead atoms. The van der Waals surface area contributed by atoms with E-state index in [9.17, 15) is 24.5 Å². The van der Waals surface area contributed by atoms with Crippen LogP contribution in [0.15, 0.2) is 57.7 Å². The summed E-state index contributed by atoms with van der Waals surface area (Å²) in [5.74, 6) is -1.26. The van der Waals surface area contributed by atoms with Gasteiger partial charge in [-0.1, -0.05) is 6.07 Å². The number of amides is 1. The number of rotatable bonds is 5. The van der Waals surface area contributed by atoms with E-state index < -0.39 is 22.4 Å². The molecule has 0 radical (unpaired) electrons. The van der Waals surface area contributed by atoms with Crippen LogP contribution in [0.2, 0.25) is 0 Å². The number of carbonyl (C=O) groups is 2. The first-order chi connectivity index (χ1) is 13.4. The molecule has 28 heavy (non-hydrogen) atoms. The monoisotopic (exact) mass is 382 g/mol. The smallest absolute Gasteiger partial charge is 0.349 e. The van der Waals surface area contributed by atoms with E-state index >= 15 is 0 Å². The molecule has 3 aromatic rings. The molecule has 1 heterocycles. The molecular weight excluding hydrogens is 368 g/mol. The number of nitrogens with one attached hydrogen (secondary N) is 1. The van der Waals surface area contributed by atoms with E-state index in [0.29, 0.717) is 11.9 Å². The summed E-state index contributed by atoms with van der Waals surface area (Å²) in [6.07, 6.45) is 0. The van der Waals surface area contributed by atoms with Gasteiger partial charge in [-0.2, -0.15) is 0 Å². The highest BCUT2D eigenvalue weighted by molar-refractivity contribution is 5.97. The van der Waals surface area contributed by atoms with Crippen molar-refractivity contribution in [2.45, 2.75) is 6.92 Å². The van der Waals surface area contributed by atoms with Crippen LogP contribution in [0.3, 0.4) is 0 Å². The van der Waals surface area contributed by atoms with Crippen molar-refractivity contribution in [1.29, 1.82) is 0 Å². The van der Waals surface area contributed by atoms with Crippen molar-refractivity contribution in [3.8, 4) is 5.75 Å². The first-order valence-electron chi connectivity index (χ1n) is 8.22. The van der Waals surface area contributed by atoms with Crippen LogP contribution in [0.1, 0.15) is 27.6 Å². The molecule has 0 unspecified atom stereocenters. The van der Waals surface area contributed by atoms with Crippen LogP contribution in [-0.4, -0.2) is 23.3 Å². The van der Waals surface area contributed by atoms with E-state index in [1.165, 1.54) is 42.5 Å². The van der Waals surface area contributed by atoms with Crippen molar-refractivity contribution in [3.63, 3.8) is 0 Å². The molecule has 9 heteroatoms. The molecule has 9 nitrogen and oxygen atoms in total. The second-order valence-electron chi connectivity index (χ2n) is 5.70. The Hall–Kier alpha value is -4.01. The maximum atomic E-state index is 12.2. The Labute approximate surface area is 157 Å². The van der Waals surface area contributed by atoms with Crippen molar-refractivity contribution >= 4 is 28.5 Å². The first-order valence-corrected chi connectivity index (χ1v) is 8.22. The Bertz CT molecular complexity index is 1150. The number of nitro groups is 1. The molecule has 0 aliphatic rings. The fourth-order valence-corrected chi connectivity index (χ4v) is 2.48. The number of fused-ring (bicyclic) bond motifs is 1. The van der Waals surface area contributed by atoms with E-state index in [1.54, 1.807) is 6.92 Å². The topological polar surface area (TPSA) is 129 Å². The van der Waals surface area contributed by atoms with Gasteiger partial charge < -0.3 is 14.5 Å². The summed E-state index contributed by atoms with van der Waals surface area (Å²) in [7, 11) is 0. The number of hydrogen-bond donors (Lipinski definition) is 1. The van der Waals surface area contributed by atoms with Gasteiger partial charge in [0.25, 0.3) is 11.6 Å². The standard InChI is InChI=1S/C19H14N2O7/c1-2-20-17(22)15-9-11-6-7-14(10-16(11)28-19(15)24)27-18(23)12-4-3-5-13(8-12)21(25)26/h3-10H,2H2,1H3,(H,20,22). The van der Waals surface area contributed by atoms with Crippen LogP contribution in [0.4, 0.5) is 5.69 Å². The number of nitro benzene ring substituents is 1. The van der Waals surface area contributed by atoms with Crippen molar-refractivity contribution in [2.75, 3.05) is 6.54 Å². The van der Waals surface area contributed by atoms with Gasteiger partial charge in [0, 0.05) is 30.1 Å². The highest BCUT2D eigenvalue weighted by atomic mass is 16.6. The van der Waals surface area contributed by atoms with Gasteiger partial charge in [0.1, 0.15) is 16.9 Å². The predicted molar refractivity (Wildman–Crippen MR) is 98.5 cm³/mol. The lowest BCUT2D eigenvalue weighted by Crippen LogP contribution is -2.27. The molecule has 142 valence electrons. The normalized spacial score (nSPS) is 10.5. The number of non-ortho nitro benzene ring substituents is 1. The second kappa shape index (κ2) is 7.70. The van der Waals surface area contributed by atoms with Crippen LogP contribution in [-0.2, 0) is 0 Å². The number of ether oxygens (including phenoxy) is 1. The minimum atomic E-state index is -0.819. The summed E-state index contributed by atoms with van der Waals surface area (Å²) >= 11 is 0. The van der Waals surface area contributed by atoms with Crippen LogP contribution in [0, 0.1) is 10.1 Å². The van der Waals surface area contributed by atoms with Gasteiger partial charge in [-0.15, -0.1) is 0 Å². The molecule has 2 aromatic carbocycles. The van der Waals surface area contributed by atoms with Crippen molar-refractivity contribution in [3.05, 3.63) is 80.2 Å². The van der Waals surface area contributed by atoms with Crippen LogP contribution in [0.5, 0.6) is 5.75 Å². The minimum Gasteiger partial charge on any atom is -0.423 e. The van der Waals surface area contributed by atoms with E-state index in [2.05, 4.69) is 5.32 Å². The molecule has 0 aliphatic heterocycles. The number of carbonyl (C=O) groups excluding carboxylic acids is 2. The Kier molecular flexibility index (Phi) is 5.16. The molecule has 0 fully saturated rings. The van der Waals surface area contributed by atoms with Gasteiger partial charge >= 0.3 is 11.6 Å². The van der Waals surface area contributed by atoms with Gasteiger partial charge in [-0.25, -0.2) is 9.59 Å². The molecule has 0 spiro atoms. The minimum absolute atomic E-state index is 0.00216.